The second-order valence-electron chi connectivity index (χ2n) is 5.09. The van der Waals surface area contributed by atoms with Crippen LogP contribution in [0, 0.1) is 5.92 Å². The van der Waals surface area contributed by atoms with Gasteiger partial charge in [-0.1, -0.05) is 35.9 Å². The monoisotopic (exact) mass is 305 g/mol. The summed E-state index contributed by atoms with van der Waals surface area (Å²) in [5.74, 6) is 0.551. The van der Waals surface area contributed by atoms with Crippen molar-refractivity contribution in [1.29, 1.82) is 0 Å². The molecule has 0 saturated heterocycles. The van der Waals surface area contributed by atoms with Crippen molar-refractivity contribution in [3.63, 3.8) is 0 Å². The fourth-order valence-electron chi connectivity index (χ4n) is 2.50. The summed E-state index contributed by atoms with van der Waals surface area (Å²) in [5, 5.41) is 5.86. The van der Waals surface area contributed by atoms with Crippen molar-refractivity contribution in [3.05, 3.63) is 57.2 Å². The van der Waals surface area contributed by atoms with E-state index in [4.69, 9.17) is 11.6 Å². The van der Waals surface area contributed by atoms with Crippen LogP contribution >= 0.6 is 22.9 Å². The highest BCUT2D eigenvalue weighted by Crippen LogP contribution is 2.49. The molecular formula is C16H16ClNOS. The van der Waals surface area contributed by atoms with Crippen molar-refractivity contribution in [2.45, 2.75) is 18.8 Å². The lowest BCUT2D eigenvalue weighted by Gasteiger charge is -2.05. The summed E-state index contributed by atoms with van der Waals surface area (Å²) in [6.07, 6.45) is 1.82. The minimum Gasteiger partial charge on any atom is -0.355 e. The van der Waals surface area contributed by atoms with Crippen LogP contribution in [0.1, 0.15) is 22.8 Å². The van der Waals surface area contributed by atoms with Gasteiger partial charge in [-0.15, -0.1) is 11.3 Å². The van der Waals surface area contributed by atoms with Gasteiger partial charge in [0.2, 0.25) is 5.91 Å². The number of hydrogen-bond acceptors (Lipinski definition) is 2. The summed E-state index contributed by atoms with van der Waals surface area (Å²) in [7, 11) is 0. The Hall–Kier alpha value is -1.32. The van der Waals surface area contributed by atoms with Crippen LogP contribution in [0.15, 0.2) is 41.8 Å². The van der Waals surface area contributed by atoms with Crippen LogP contribution in [0.3, 0.4) is 0 Å². The lowest BCUT2D eigenvalue weighted by atomic mass is 10.1. The van der Waals surface area contributed by atoms with Crippen molar-refractivity contribution >= 4 is 28.8 Å². The molecule has 1 aromatic heterocycles. The molecule has 1 aliphatic carbocycles. The summed E-state index contributed by atoms with van der Waals surface area (Å²) in [6.45, 7) is 0.713. The molecule has 104 valence electrons. The van der Waals surface area contributed by atoms with Gasteiger partial charge in [-0.05, 0) is 41.8 Å². The molecule has 1 fully saturated rings. The topological polar surface area (TPSA) is 29.1 Å². The van der Waals surface area contributed by atoms with Crippen LogP contribution < -0.4 is 5.32 Å². The Morgan fingerprint density at radius 3 is 2.90 bits per heavy atom. The molecular weight excluding hydrogens is 290 g/mol. The van der Waals surface area contributed by atoms with Gasteiger partial charge in [0.25, 0.3) is 0 Å². The number of amides is 1. The quantitative estimate of drug-likeness (QED) is 0.893. The van der Waals surface area contributed by atoms with Gasteiger partial charge in [-0.2, -0.15) is 0 Å². The zero-order valence-corrected chi connectivity index (χ0v) is 12.6. The average Bonchev–Trinajstić information content (AvgIpc) is 3.07. The molecule has 1 N–H and O–H groups in total. The fraction of sp³-hybridized carbons (Fsp3) is 0.312. The zero-order valence-electron chi connectivity index (χ0n) is 11.0. The van der Waals surface area contributed by atoms with Gasteiger partial charge in [-0.3, -0.25) is 4.79 Å². The van der Waals surface area contributed by atoms with Crippen LogP contribution in [-0.4, -0.2) is 12.5 Å². The summed E-state index contributed by atoms with van der Waals surface area (Å²) >= 11 is 7.90. The first kappa shape index (κ1) is 13.7. The highest BCUT2D eigenvalue weighted by atomic mass is 35.5. The normalized spacial score (nSPS) is 20.6. The molecule has 2 nitrogen and oxygen atoms in total. The van der Waals surface area contributed by atoms with Crippen molar-refractivity contribution in [3.8, 4) is 0 Å². The molecule has 1 aliphatic rings. The highest BCUT2D eigenvalue weighted by Gasteiger charge is 2.44. The number of carbonyl (C=O) groups is 1. The molecule has 2 aromatic rings. The number of hydrogen-bond donors (Lipinski definition) is 1. The third-order valence-electron chi connectivity index (χ3n) is 3.68. The zero-order chi connectivity index (χ0) is 13.9. The Bertz CT molecular complexity index is 596. The first-order chi connectivity index (χ1) is 9.75. The maximum absolute atomic E-state index is 12.1. The summed E-state index contributed by atoms with van der Waals surface area (Å²) in [6, 6.07) is 11.9. The predicted octanol–water partition coefficient (Wildman–Crippen LogP) is 3.86. The maximum Gasteiger partial charge on any atom is 0.223 e. The molecule has 20 heavy (non-hydrogen) atoms. The van der Waals surface area contributed by atoms with E-state index in [0.717, 1.165) is 23.4 Å². The second-order valence-corrected chi connectivity index (χ2v) is 6.53. The van der Waals surface area contributed by atoms with Gasteiger partial charge in [-0.25, -0.2) is 0 Å². The minimum atomic E-state index is 0.0956. The van der Waals surface area contributed by atoms with Gasteiger partial charge >= 0.3 is 0 Å². The summed E-state index contributed by atoms with van der Waals surface area (Å²) in [4.78, 5) is 13.4. The van der Waals surface area contributed by atoms with Gasteiger partial charge in [0, 0.05) is 22.4 Å². The van der Waals surface area contributed by atoms with E-state index in [0.29, 0.717) is 12.5 Å². The van der Waals surface area contributed by atoms with Gasteiger partial charge in [0.1, 0.15) is 0 Å². The Kier molecular flexibility index (Phi) is 4.08. The van der Waals surface area contributed by atoms with Crippen LogP contribution in [0.2, 0.25) is 5.02 Å². The molecule has 2 unspecified atom stereocenters. The number of benzene rings is 1. The van der Waals surface area contributed by atoms with E-state index >= 15 is 0 Å². The van der Waals surface area contributed by atoms with Crippen LogP contribution in [0.25, 0.3) is 0 Å². The second kappa shape index (κ2) is 5.98. The van der Waals surface area contributed by atoms with Crippen LogP contribution in [0.4, 0.5) is 0 Å². The largest absolute Gasteiger partial charge is 0.355 e. The first-order valence-electron chi connectivity index (χ1n) is 6.80. The first-order valence-corrected chi connectivity index (χ1v) is 8.06. The van der Waals surface area contributed by atoms with E-state index in [1.165, 1.54) is 4.88 Å². The van der Waals surface area contributed by atoms with Crippen molar-refractivity contribution in [2.24, 2.45) is 5.92 Å². The van der Waals surface area contributed by atoms with Gasteiger partial charge in [0.05, 0.1) is 0 Å². The Balaban J connectivity index is 1.49. The minimum absolute atomic E-state index is 0.0956. The number of carbonyl (C=O) groups excluding carboxylic acids is 1. The molecule has 1 heterocycles. The Morgan fingerprint density at radius 1 is 1.30 bits per heavy atom. The van der Waals surface area contributed by atoms with E-state index in [9.17, 15) is 4.79 Å². The van der Waals surface area contributed by atoms with Gasteiger partial charge < -0.3 is 5.32 Å². The predicted molar refractivity (Wildman–Crippen MR) is 83.3 cm³/mol. The smallest absolute Gasteiger partial charge is 0.223 e. The fourth-order valence-corrected chi connectivity index (χ4v) is 3.48. The number of nitrogens with one attached hydrogen (secondary N) is 1. The molecule has 1 amide bonds. The van der Waals surface area contributed by atoms with E-state index < -0.39 is 0 Å². The van der Waals surface area contributed by atoms with Crippen LogP contribution in [0.5, 0.6) is 0 Å². The Morgan fingerprint density at radius 2 is 2.15 bits per heavy atom. The van der Waals surface area contributed by atoms with Crippen molar-refractivity contribution in [1.82, 2.24) is 5.32 Å². The van der Waals surface area contributed by atoms with Crippen LogP contribution in [-0.2, 0) is 11.2 Å². The SMILES string of the molecule is O=C(NCCc1cccs1)C1CC1c1ccccc1Cl. The number of halogens is 1. The maximum atomic E-state index is 12.1. The molecule has 0 radical (unpaired) electrons. The van der Waals surface area contributed by atoms with E-state index in [2.05, 4.69) is 16.8 Å². The standard InChI is InChI=1S/C16H16ClNOS/c17-15-6-2-1-5-12(15)13-10-14(13)16(19)18-8-7-11-4-3-9-20-11/h1-6,9,13-14H,7-8,10H2,(H,18,19). The van der Waals surface area contributed by atoms with Crippen molar-refractivity contribution in [2.75, 3.05) is 6.54 Å². The molecule has 3 rings (SSSR count). The third kappa shape index (κ3) is 3.05. The molecule has 1 saturated carbocycles. The Labute approximate surface area is 127 Å². The molecule has 0 spiro atoms. The molecule has 4 heteroatoms. The average molecular weight is 306 g/mol. The van der Waals surface area contributed by atoms with E-state index in [1.807, 2.05) is 30.3 Å². The van der Waals surface area contributed by atoms with E-state index in [1.54, 1.807) is 11.3 Å². The molecule has 0 bridgehead atoms. The number of rotatable bonds is 5. The lowest BCUT2D eigenvalue weighted by molar-refractivity contribution is -0.122. The summed E-state index contributed by atoms with van der Waals surface area (Å²) in [5.41, 5.74) is 1.10. The third-order valence-corrected chi connectivity index (χ3v) is 4.96. The summed E-state index contributed by atoms with van der Waals surface area (Å²) < 4.78 is 0. The molecule has 1 aromatic carbocycles. The lowest BCUT2D eigenvalue weighted by Crippen LogP contribution is -2.27. The molecule has 2 atom stereocenters. The number of thiophene rings is 1. The van der Waals surface area contributed by atoms with E-state index in [-0.39, 0.29) is 11.8 Å². The molecule has 0 aliphatic heterocycles. The van der Waals surface area contributed by atoms with Crippen molar-refractivity contribution < 1.29 is 4.79 Å². The highest BCUT2D eigenvalue weighted by molar-refractivity contribution is 7.09. The van der Waals surface area contributed by atoms with Gasteiger partial charge in [0.15, 0.2) is 0 Å².